The van der Waals surface area contributed by atoms with Gasteiger partial charge in [-0.3, -0.25) is 10.3 Å². The van der Waals surface area contributed by atoms with Gasteiger partial charge in [0.15, 0.2) is 0 Å². The molecule has 1 fully saturated rings. The minimum absolute atomic E-state index is 0.00893. The van der Waals surface area contributed by atoms with E-state index >= 15 is 0 Å². The van der Waals surface area contributed by atoms with Gasteiger partial charge in [-0.1, -0.05) is 24.3 Å². The Morgan fingerprint density at radius 1 is 0.884 bits per heavy atom. The highest BCUT2D eigenvalue weighted by atomic mass is 32.2. The normalized spacial score (nSPS) is 14.3. The van der Waals surface area contributed by atoms with Crippen molar-refractivity contribution in [3.8, 4) is 0 Å². The lowest BCUT2D eigenvalue weighted by molar-refractivity contribution is 0.120. The molecule has 0 aliphatic carbocycles. The molecule has 0 atom stereocenters. The molecular weight excluding hydrogens is 594 g/mol. The lowest BCUT2D eigenvalue weighted by Crippen LogP contribution is -2.49. The highest BCUT2D eigenvalue weighted by molar-refractivity contribution is 7.89. The molecule has 0 bridgehead atoms. The molecule has 13 nitrogen and oxygen atoms in total. The van der Waals surface area contributed by atoms with Crippen LogP contribution in [-0.2, 0) is 31.3 Å². The summed E-state index contributed by atoms with van der Waals surface area (Å²) < 4.78 is 55.8. The second-order valence-electron chi connectivity index (χ2n) is 9.87. The molecule has 0 saturated carbocycles. The summed E-state index contributed by atoms with van der Waals surface area (Å²) in [5.74, 6) is 0.390. The standard InChI is InChI=1S/C28H35N7O6S2/c1-41-18-17-34-13-15-35(16-14-34)27(29)22-3-2-4-24(19-22)33-28(36)32-23-7-11-26(12-8-23)43(39,40)31-20-21-5-9-25(10-6-21)42(30,37)38/h2-12,19,29,31H,13-18,20H2,1H3,(H2,30,37,38)(H2,32,33,36). The predicted molar refractivity (Wildman–Crippen MR) is 164 cm³/mol. The van der Waals surface area contributed by atoms with E-state index in [0.29, 0.717) is 34.9 Å². The van der Waals surface area contributed by atoms with E-state index < -0.39 is 26.1 Å². The second kappa shape index (κ2) is 14.1. The van der Waals surface area contributed by atoms with Crippen LogP contribution in [-0.4, -0.2) is 84.9 Å². The van der Waals surface area contributed by atoms with E-state index in [1.165, 1.54) is 48.5 Å². The molecule has 6 N–H and O–H groups in total. The van der Waals surface area contributed by atoms with Crippen LogP contribution in [0.25, 0.3) is 0 Å². The van der Waals surface area contributed by atoms with Gasteiger partial charge in [-0.15, -0.1) is 0 Å². The Kier molecular flexibility index (Phi) is 10.5. The van der Waals surface area contributed by atoms with E-state index in [-0.39, 0.29) is 16.3 Å². The summed E-state index contributed by atoms with van der Waals surface area (Å²) in [5, 5.41) is 19.1. The number of nitrogens with zero attached hydrogens (tertiary/aromatic N) is 2. The van der Waals surface area contributed by atoms with Crippen LogP contribution in [0.1, 0.15) is 11.1 Å². The first kappa shape index (κ1) is 32.1. The predicted octanol–water partition coefficient (Wildman–Crippen LogP) is 2.05. The van der Waals surface area contributed by atoms with Crippen LogP contribution in [0.4, 0.5) is 16.2 Å². The number of carbonyl (C=O) groups is 1. The number of hydrogen-bond donors (Lipinski definition) is 5. The number of piperazine rings is 1. The molecule has 3 aromatic rings. The number of rotatable bonds is 11. The van der Waals surface area contributed by atoms with Crippen LogP contribution in [0.5, 0.6) is 0 Å². The van der Waals surface area contributed by atoms with Gasteiger partial charge < -0.3 is 20.3 Å². The van der Waals surface area contributed by atoms with Crippen molar-refractivity contribution >= 4 is 43.3 Å². The van der Waals surface area contributed by atoms with Gasteiger partial charge in [-0.05, 0) is 54.1 Å². The van der Waals surface area contributed by atoms with Gasteiger partial charge in [0.2, 0.25) is 20.0 Å². The van der Waals surface area contributed by atoms with Crippen molar-refractivity contribution in [3.63, 3.8) is 0 Å². The van der Waals surface area contributed by atoms with Crippen molar-refractivity contribution in [2.24, 2.45) is 5.14 Å². The molecule has 0 unspecified atom stereocenters. The smallest absolute Gasteiger partial charge is 0.323 e. The number of ether oxygens (including phenoxy) is 1. The molecule has 3 aromatic carbocycles. The fourth-order valence-corrected chi connectivity index (χ4v) is 5.94. The van der Waals surface area contributed by atoms with Gasteiger partial charge in [0.25, 0.3) is 0 Å². The highest BCUT2D eigenvalue weighted by Gasteiger charge is 2.20. The lowest BCUT2D eigenvalue weighted by atomic mass is 10.1. The van der Waals surface area contributed by atoms with Crippen molar-refractivity contribution in [2.45, 2.75) is 16.3 Å². The maximum absolute atomic E-state index is 12.7. The van der Waals surface area contributed by atoms with Crippen LogP contribution >= 0.6 is 0 Å². The first-order valence-electron chi connectivity index (χ1n) is 13.4. The number of benzene rings is 3. The molecule has 1 aliphatic heterocycles. The zero-order valence-electron chi connectivity index (χ0n) is 23.6. The first-order valence-corrected chi connectivity index (χ1v) is 16.4. The summed E-state index contributed by atoms with van der Waals surface area (Å²) in [4.78, 5) is 16.9. The third-order valence-electron chi connectivity index (χ3n) is 6.83. The summed E-state index contributed by atoms with van der Waals surface area (Å²) in [6.45, 7) is 4.64. The van der Waals surface area contributed by atoms with Crippen molar-refractivity contribution in [2.75, 3.05) is 57.1 Å². The number of primary sulfonamides is 1. The van der Waals surface area contributed by atoms with Gasteiger partial charge in [0.05, 0.1) is 16.4 Å². The minimum Gasteiger partial charge on any atom is -0.383 e. The number of nitrogens with one attached hydrogen (secondary N) is 4. The molecule has 15 heteroatoms. The van der Waals surface area contributed by atoms with Crippen molar-refractivity contribution in [3.05, 3.63) is 83.9 Å². The van der Waals surface area contributed by atoms with Crippen molar-refractivity contribution < 1.29 is 26.4 Å². The molecule has 230 valence electrons. The highest BCUT2D eigenvalue weighted by Crippen LogP contribution is 2.18. The maximum Gasteiger partial charge on any atom is 0.323 e. The van der Waals surface area contributed by atoms with E-state index in [0.717, 1.165) is 32.7 Å². The van der Waals surface area contributed by atoms with E-state index in [1.807, 2.05) is 11.0 Å². The number of amides is 2. The molecule has 1 aliphatic rings. The molecule has 0 radical (unpaired) electrons. The summed E-state index contributed by atoms with van der Waals surface area (Å²) in [6.07, 6.45) is 0. The molecule has 1 heterocycles. The Bertz CT molecular complexity index is 1640. The van der Waals surface area contributed by atoms with Crippen LogP contribution in [0.15, 0.2) is 82.6 Å². The van der Waals surface area contributed by atoms with Gasteiger partial charge in [-0.2, -0.15) is 0 Å². The SMILES string of the molecule is COCCN1CCN(C(=N)c2cccc(NC(=O)Nc3ccc(S(=O)(=O)NCc4ccc(S(N)(=O)=O)cc4)cc3)c2)CC1. The third-order valence-corrected chi connectivity index (χ3v) is 9.18. The average molecular weight is 630 g/mol. The molecule has 0 aromatic heterocycles. The zero-order valence-corrected chi connectivity index (χ0v) is 25.2. The summed E-state index contributed by atoms with van der Waals surface area (Å²) in [6, 6.07) is 17.7. The largest absolute Gasteiger partial charge is 0.383 e. The second-order valence-corrected chi connectivity index (χ2v) is 13.2. The molecule has 43 heavy (non-hydrogen) atoms. The fraction of sp³-hybridized carbons (Fsp3) is 0.286. The molecule has 2 amide bonds. The van der Waals surface area contributed by atoms with Crippen molar-refractivity contribution in [1.29, 1.82) is 5.41 Å². The minimum atomic E-state index is -3.87. The number of anilines is 2. The van der Waals surface area contributed by atoms with E-state index in [2.05, 4.69) is 20.3 Å². The van der Waals surface area contributed by atoms with Crippen LogP contribution in [0.3, 0.4) is 0 Å². The van der Waals surface area contributed by atoms with Crippen LogP contribution in [0, 0.1) is 5.41 Å². The summed E-state index contributed by atoms with van der Waals surface area (Å²) >= 11 is 0. The van der Waals surface area contributed by atoms with Gasteiger partial charge >= 0.3 is 6.03 Å². The molecule has 0 spiro atoms. The summed E-state index contributed by atoms with van der Waals surface area (Å²) in [5.41, 5.74) is 2.13. The zero-order chi connectivity index (χ0) is 31.0. The number of nitrogens with two attached hydrogens (primary N) is 1. The quantitative estimate of drug-likeness (QED) is 0.157. The lowest BCUT2D eigenvalue weighted by Gasteiger charge is -2.36. The summed E-state index contributed by atoms with van der Waals surface area (Å²) in [7, 11) is -6.03. The molecular formula is C28H35N7O6S2. The van der Waals surface area contributed by atoms with Gasteiger partial charge in [-0.25, -0.2) is 31.5 Å². The number of carbonyl (C=O) groups excluding carboxylic acids is 1. The van der Waals surface area contributed by atoms with E-state index in [1.54, 1.807) is 25.3 Å². The Morgan fingerprint density at radius 3 is 2.14 bits per heavy atom. The molecule has 1 saturated heterocycles. The van der Waals surface area contributed by atoms with E-state index in [4.69, 9.17) is 15.3 Å². The molecule has 4 rings (SSSR count). The number of urea groups is 1. The van der Waals surface area contributed by atoms with Gasteiger partial charge in [0.1, 0.15) is 5.84 Å². The maximum atomic E-state index is 12.7. The van der Waals surface area contributed by atoms with Gasteiger partial charge in [0, 0.05) is 63.3 Å². The van der Waals surface area contributed by atoms with Crippen LogP contribution < -0.4 is 20.5 Å². The average Bonchev–Trinajstić information content (AvgIpc) is 2.99. The Hall–Kier alpha value is -3.86. The number of methoxy groups -OCH3 is 1. The first-order chi connectivity index (χ1) is 20.4. The number of sulfonamides is 2. The number of amidine groups is 1. The Balaban J connectivity index is 1.29. The van der Waals surface area contributed by atoms with Crippen molar-refractivity contribution in [1.82, 2.24) is 14.5 Å². The Morgan fingerprint density at radius 2 is 1.51 bits per heavy atom. The Labute approximate surface area is 251 Å². The fourth-order valence-electron chi connectivity index (χ4n) is 4.41. The third kappa shape index (κ3) is 9.06. The monoisotopic (exact) mass is 629 g/mol. The van der Waals surface area contributed by atoms with E-state index in [9.17, 15) is 21.6 Å². The number of hydrogen-bond acceptors (Lipinski definition) is 8. The van der Waals surface area contributed by atoms with Crippen LogP contribution in [0.2, 0.25) is 0 Å². The topological polar surface area (TPSA) is 187 Å².